The number of pyridine rings is 1. The Bertz CT molecular complexity index is 836. The largest absolute Gasteiger partial charge is 0.382 e. The van der Waals surface area contributed by atoms with E-state index in [9.17, 15) is 5.11 Å². The second-order valence-corrected chi connectivity index (χ2v) is 5.62. The molecule has 1 aliphatic carbocycles. The lowest BCUT2D eigenvalue weighted by Crippen LogP contribution is -2.12. The number of aliphatic hydroxyl groups is 1. The zero-order valence-corrected chi connectivity index (χ0v) is 12.6. The molecule has 6 heteroatoms. The molecule has 114 valence electrons. The summed E-state index contributed by atoms with van der Waals surface area (Å²) in [5, 5.41) is 16.2. The van der Waals surface area contributed by atoms with Gasteiger partial charge < -0.3 is 14.8 Å². The number of ether oxygens (including phenoxy) is 1. The van der Waals surface area contributed by atoms with E-state index in [0.717, 1.165) is 40.6 Å². The molecule has 0 radical (unpaired) electrons. The first-order chi connectivity index (χ1) is 10.7. The van der Waals surface area contributed by atoms with E-state index in [4.69, 9.17) is 4.74 Å². The Hall–Kier alpha value is -2.18. The minimum atomic E-state index is -0.735. The summed E-state index contributed by atoms with van der Waals surface area (Å²) in [6.45, 7) is 2.11. The molecule has 3 aromatic rings. The highest BCUT2D eigenvalue weighted by molar-refractivity contribution is 5.98. The average molecular weight is 298 g/mol. The molecule has 0 fully saturated rings. The van der Waals surface area contributed by atoms with Crippen molar-refractivity contribution >= 4 is 11.0 Å². The Kier molecular flexibility index (Phi) is 3.02. The average Bonchev–Trinajstić information content (AvgIpc) is 3.15. The van der Waals surface area contributed by atoms with Crippen LogP contribution in [0.5, 0.6) is 0 Å². The lowest BCUT2D eigenvalue weighted by atomic mass is 9.91. The quantitative estimate of drug-likeness (QED) is 0.776. The number of methoxy groups -OCH3 is 1. The van der Waals surface area contributed by atoms with E-state index < -0.39 is 6.10 Å². The summed E-state index contributed by atoms with van der Waals surface area (Å²) < 4.78 is 7.34. The Morgan fingerprint density at radius 3 is 3.09 bits per heavy atom. The van der Waals surface area contributed by atoms with Gasteiger partial charge in [-0.15, -0.1) is 0 Å². The highest BCUT2D eigenvalue weighted by Gasteiger charge is 2.31. The molecule has 0 bridgehead atoms. The molecule has 2 atom stereocenters. The highest BCUT2D eigenvalue weighted by Crippen LogP contribution is 2.43. The maximum absolute atomic E-state index is 10.6. The van der Waals surface area contributed by atoms with Crippen molar-refractivity contribution in [3.63, 3.8) is 0 Å². The van der Waals surface area contributed by atoms with Gasteiger partial charge in [0.05, 0.1) is 0 Å². The lowest BCUT2D eigenvalue weighted by molar-refractivity contribution is 0.0255. The maximum Gasteiger partial charge on any atom is 0.149 e. The van der Waals surface area contributed by atoms with Crippen LogP contribution < -0.4 is 0 Å². The van der Waals surface area contributed by atoms with Crippen molar-refractivity contribution in [2.75, 3.05) is 7.11 Å². The van der Waals surface area contributed by atoms with Crippen LogP contribution in [0.15, 0.2) is 24.7 Å². The molecule has 0 saturated heterocycles. The molecule has 1 aliphatic rings. The second-order valence-electron chi connectivity index (χ2n) is 5.62. The van der Waals surface area contributed by atoms with Crippen molar-refractivity contribution in [2.45, 2.75) is 32.1 Å². The fourth-order valence-electron chi connectivity index (χ4n) is 3.24. The molecule has 3 aromatic heterocycles. The number of aromatic amines is 1. The molecular weight excluding hydrogens is 280 g/mol. The van der Waals surface area contributed by atoms with Crippen molar-refractivity contribution < 1.29 is 9.84 Å². The van der Waals surface area contributed by atoms with Crippen LogP contribution in [-0.4, -0.2) is 32.0 Å². The van der Waals surface area contributed by atoms with Gasteiger partial charge in [-0.05, 0) is 18.1 Å². The topological polar surface area (TPSA) is 76.0 Å². The van der Waals surface area contributed by atoms with E-state index >= 15 is 0 Å². The van der Waals surface area contributed by atoms with Crippen molar-refractivity contribution in [3.05, 3.63) is 35.9 Å². The first-order valence-corrected chi connectivity index (χ1v) is 7.50. The third kappa shape index (κ3) is 1.74. The van der Waals surface area contributed by atoms with E-state index in [2.05, 4.69) is 22.0 Å². The fraction of sp³-hybridized carbons (Fsp3) is 0.375. The summed E-state index contributed by atoms with van der Waals surface area (Å²) in [4.78, 5) is 7.43. The van der Waals surface area contributed by atoms with Gasteiger partial charge in [0.15, 0.2) is 0 Å². The Labute approximate surface area is 127 Å². The van der Waals surface area contributed by atoms with Gasteiger partial charge >= 0.3 is 0 Å². The number of nitrogens with zero attached hydrogens (tertiary/aromatic N) is 3. The Morgan fingerprint density at radius 2 is 2.32 bits per heavy atom. The summed E-state index contributed by atoms with van der Waals surface area (Å²) in [6, 6.07) is 1.97. The molecule has 6 nitrogen and oxygen atoms in total. The van der Waals surface area contributed by atoms with E-state index in [0.29, 0.717) is 5.69 Å². The zero-order chi connectivity index (χ0) is 15.3. The number of fused-ring (bicyclic) bond motifs is 2. The standard InChI is InChI=1S/C16H18N4O2/c1-3-4-12(22-2)20-8-11-9-5-6-17-16-13(9)10(7-18-16)15(21)14(11)19-20/h5-8,12,15,21H,3-4H2,1-2H3,(H,17,18). The minimum absolute atomic E-state index is 0.110. The normalized spacial score (nSPS) is 17.7. The first kappa shape index (κ1) is 13.5. The summed E-state index contributed by atoms with van der Waals surface area (Å²) in [7, 11) is 1.69. The molecule has 0 saturated carbocycles. The molecule has 3 heterocycles. The van der Waals surface area contributed by atoms with Gasteiger partial charge in [0.1, 0.15) is 23.7 Å². The number of aromatic nitrogens is 4. The van der Waals surface area contributed by atoms with E-state index in [-0.39, 0.29) is 6.23 Å². The third-order valence-electron chi connectivity index (χ3n) is 4.31. The van der Waals surface area contributed by atoms with Gasteiger partial charge in [0, 0.05) is 42.2 Å². The van der Waals surface area contributed by atoms with Crippen molar-refractivity contribution in [1.29, 1.82) is 0 Å². The number of nitrogens with one attached hydrogen (secondary N) is 1. The van der Waals surface area contributed by atoms with Crippen LogP contribution in [0.4, 0.5) is 0 Å². The summed E-state index contributed by atoms with van der Waals surface area (Å²) in [5.41, 5.74) is 4.31. The smallest absolute Gasteiger partial charge is 0.149 e. The number of hydrogen-bond acceptors (Lipinski definition) is 4. The predicted molar refractivity (Wildman–Crippen MR) is 82.3 cm³/mol. The summed E-state index contributed by atoms with van der Waals surface area (Å²) >= 11 is 0. The number of H-pyrrole nitrogens is 1. The molecule has 0 aliphatic heterocycles. The lowest BCUT2D eigenvalue weighted by Gasteiger charge is -2.16. The molecule has 0 aromatic carbocycles. The Morgan fingerprint density at radius 1 is 1.45 bits per heavy atom. The molecule has 0 amide bonds. The summed E-state index contributed by atoms with van der Waals surface area (Å²) in [6.07, 6.45) is 6.59. The van der Waals surface area contributed by atoms with Gasteiger partial charge in [0.2, 0.25) is 0 Å². The van der Waals surface area contributed by atoms with Gasteiger partial charge in [-0.3, -0.25) is 0 Å². The number of rotatable bonds is 4. The van der Waals surface area contributed by atoms with Gasteiger partial charge in [-0.25, -0.2) is 9.67 Å². The maximum atomic E-state index is 10.6. The van der Waals surface area contributed by atoms with Crippen molar-refractivity contribution in [1.82, 2.24) is 19.7 Å². The van der Waals surface area contributed by atoms with E-state index in [1.54, 1.807) is 13.3 Å². The van der Waals surface area contributed by atoms with Gasteiger partial charge in [-0.2, -0.15) is 5.10 Å². The first-order valence-electron chi connectivity index (χ1n) is 7.50. The number of aliphatic hydroxyl groups excluding tert-OH is 1. The molecule has 22 heavy (non-hydrogen) atoms. The molecular formula is C16H18N4O2. The fourth-order valence-corrected chi connectivity index (χ4v) is 3.24. The third-order valence-corrected chi connectivity index (χ3v) is 4.31. The summed E-state index contributed by atoms with van der Waals surface area (Å²) in [5.74, 6) is 0. The van der Waals surface area contributed by atoms with Crippen LogP contribution in [0.1, 0.15) is 43.4 Å². The highest BCUT2D eigenvalue weighted by atomic mass is 16.5. The van der Waals surface area contributed by atoms with Crippen LogP contribution in [0.25, 0.3) is 22.2 Å². The van der Waals surface area contributed by atoms with Gasteiger partial charge in [0.25, 0.3) is 0 Å². The monoisotopic (exact) mass is 298 g/mol. The SMILES string of the molecule is CCCC(OC)n1cc2c(n1)C(O)c1c[nH]c3nccc-2c13. The molecule has 2 unspecified atom stereocenters. The molecule has 4 rings (SSSR count). The van der Waals surface area contributed by atoms with Crippen LogP contribution in [0.2, 0.25) is 0 Å². The molecule has 0 spiro atoms. The number of hydrogen-bond donors (Lipinski definition) is 2. The predicted octanol–water partition coefficient (Wildman–Crippen LogP) is 2.77. The van der Waals surface area contributed by atoms with Crippen LogP contribution in [0, 0.1) is 0 Å². The second kappa shape index (κ2) is 4.93. The zero-order valence-electron chi connectivity index (χ0n) is 12.6. The van der Waals surface area contributed by atoms with E-state index in [1.807, 2.05) is 23.1 Å². The molecule has 2 N–H and O–H groups in total. The van der Waals surface area contributed by atoms with Crippen LogP contribution in [-0.2, 0) is 4.74 Å². The van der Waals surface area contributed by atoms with Gasteiger partial charge in [-0.1, -0.05) is 13.3 Å². The minimum Gasteiger partial charge on any atom is -0.382 e. The Balaban J connectivity index is 1.91. The van der Waals surface area contributed by atoms with Crippen molar-refractivity contribution in [2.24, 2.45) is 0 Å². The van der Waals surface area contributed by atoms with Crippen LogP contribution >= 0.6 is 0 Å². The van der Waals surface area contributed by atoms with Crippen LogP contribution in [0.3, 0.4) is 0 Å². The van der Waals surface area contributed by atoms with Crippen molar-refractivity contribution in [3.8, 4) is 11.1 Å². The van der Waals surface area contributed by atoms with E-state index in [1.165, 1.54) is 0 Å².